The van der Waals surface area contributed by atoms with Crippen molar-refractivity contribution >= 4 is 43.6 Å². The topological polar surface area (TPSA) is 46.5 Å². The number of fused-ring (bicyclic) bond motifs is 6. The van der Waals surface area contributed by atoms with E-state index in [0.29, 0.717) is 5.56 Å². The third-order valence-electron chi connectivity index (χ3n) is 13.8. The zero-order valence-corrected chi connectivity index (χ0v) is 38.4. The average Bonchev–Trinajstić information content (AvgIpc) is 3.88. The molecular formula is C64H46N4. The summed E-state index contributed by atoms with van der Waals surface area (Å²) in [6.07, 6.45) is 3.60. The standard InChI is InChI=1S/C64H46N4/c1-40-5-13-44(14-6-40)49-21-25-59-55(33-49)56-34-50(45-15-7-41(2)8-16-45)22-26-60(56)67(59)63-37-53(39-65)54(48-29-31-66-32-30-48)38-64(63)68-61-27-23-51(46-17-9-42(3)10-18-46)35-57(61)58-36-52(24-28-62(58)68)47-19-11-43(4)12-20-47/h5-38H,1-4H3. The Bertz CT molecular complexity index is 3750. The van der Waals surface area contributed by atoms with Crippen LogP contribution in [0.3, 0.4) is 0 Å². The molecule has 3 aromatic heterocycles. The van der Waals surface area contributed by atoms with Gasteiger partial charge in [0.15, 0.2) is 0 Å². The van der Waals surface area contributed by atoms with Crippen LogP contribution in [0.2, 0.25) is 0 Å². The minimum absolute atomic E-state index is 0.585. The molecule has 0 aliphatic rings. The van der Waals surface area contributed by atoms with Crippen molar-refractivity contribution in [3.05, 3.63) is 234 Å². The maximum absolute atomic E-state index is 11.1. The SMILES string of the molecule is Cc1ccc(-c2ccc3c(c2)c2cc(-c4ccc(C)cc4)ccc2n3-c2cc(C#N)c(-c3ccncc3)cc2-n2c3ccc(-c4ccc(C)cc4)cc3c3cc(-c4ccc(C)cc4)ccc32)cc1. The van der Waals surface area contributed by atoms with Gasteiger partial charge in [-0.2, -0.15) is 5.26 Å². The van der Waals surface area contributed by atoms with Crippen molar-refractivity contribution < 1.29 is 0 Å². The number of hydrogen-bond donors (Lipinski definition) is 0. The molecule has 322 valence electrons. The Morgan fingerprint density at radius 3 is 0.926 bits per heavy atom. The van der Waals surface area contributed by atoms with Gasteiger partial charge in [0, 0.05) is 39.5 Å². The largest absolute Gasteiger partial charge is 0.307 e. The molecule has 4 heteroatoms. The summed E-state index contributed by atoms with van der Waals surface area (Å²) in [5.41, 5.74) is 22.7. The van der Waals surface area contributed by atoms with E-state index in [1.807, 2.05) is 12.1 Å². The molecule has 0 aliphatic heterocycles. The molecule has 0 fully saturated rings. The molecule has 0 unspecified atom stereocenters. The Morgan fingerprint density at radius 1 is 0.324 bits per heavy atom. The van der Waals surface area contributed by atoms with Crippen LogP contribution in [-0.2, 0) is 0 Å². The molecule has 0 saturated heterocycles. The lowest BCUT2D eigenvalue weighted by Gasteiger charge is -2.20. The van der Waals surface area contributed by atoms with E-state index >= 15 is 0 Å². The number of nitrogens with zero attached hydrogens (tertiary/aromatic N) is 4. The molecule has 68 heavy (non-hydrogen) atoms. The maximum Gasteiger partial charge on any atom is 0.0998 e. The van der Waals surface area contributed by atoms with Gasteiger partial charge in [-0.1, -0.05) is 144 Å². The van der Waals surface area contributed by atoms with E-state index in [-0.39, 0.29) is 0 Å². The summed E-state index contributed by atoms with van der Waals surface area (Å²) in [6, 6.07) is 73.5. The van der Waals surface area contributed by atoms with Crippen molar-refractivity contribution in [1.82, 2.24) is 14.1 Å². The molecule has 0 spiro atoms. The predicted molar refractivity (Wildman–Crippen MR) is 284 cm³/mol. The van der Waals surface area contributed by atoms with Crippen molar-refractivity contribution in [3.8, 4) is 73.1 Å². The molecule has 4 nitrogen and oxygen atoms in total. The number of rotatable bonds is 7. The first kappa shape index (κ1) is 40.7. The van der Waals surface area contributed by atoms with Gasteiger partial charge in [-0.25, -0.2) is 0 Å². The normalized spacial score (nSPS) is 11.5. The first-order valence-electron chi connectivity index (χ1n) is 23.2. The summed E-state index contributed by atoms with van der Waals surface area (Å²) in [5.74, 6) is 0. The van der Waals surface area contributed by atoms with E-state index in [1.165, 1.54) is 44.5 Å². The van der Waals surface area contributed by atoms with Crippen molar-refractivity contribution in [2.75, 3.05) is 0 Å². The van der Waals surface area contributed by atoms with Crippen LogP contribution in [0.25, 0.3) is 111 Å². The molecule has 0 radical (unpaired) electrons. The Morgan fingerprint density at radius 2 is 0.618 bits per heavy atom. The summed E-state index contributed by atoms with van der Waals surface area (Å²) in [5, 5.41) is 15.7. The lowest BCUT2D eigenvalue weighted by atomic mass is 9.98. The van der Waals surface area contributed by atoms with Gasteiger partial charge in [0.25, 0.3) is 0 Å². The molecule has 0 atom stereocenters. The lowest BCUT2D eigenvalue weighted by Crippen LogP contribution is -2.05. The predicted octanol–water partition coefficient (Wildman–Crippen LogP) is 16.7. The van der Waals surface area contributed by atoms with E-state index in [1.54, 1.807) is 12.4 Å². The number of aromatic nitrogens is 3. The minimum Gasteiger partial charge on any atom is -0.307 e. The first-order chi connectivity index (χ1) is 33.3. The highest BCUT2D eigenvalue weighted by atomic mass is 15.1. The summed E-state index contributed by atoms with van der Waals surface area (Å²) in [6.45, 7) is 8.52. The van der Waals surface area contributed by atoms with Crippen LogP contribution in [0.5, 0.6) is 0 Å². The van der Waals surface area contributed by atoms with Gasteiger partial charge in [-0.15, -0.1) is 0 Å². The number of hydrogen-bond acceptors (Lipinski definition) is 2. The Labute approximate surface area is 396 Å². The van der Waals surface area contributed by atoms with Gasteiger partial charge >= 0.3 is 0 Å². The Kier molecular flexibility index (Phi) is 9.74. The molecular weight excluding hydrogens is 825 g/mol. The second-order valence-corrected chi connectivity index (χ2v) is 18.3. The van der Waals surface area contributed by atoms with Crippen molar-refractivity contribution in [2.24, 2.45) is 0 Å². The lowest BCUT2D eigenvalue weighted by molar-refractivity contribution is 1.09. The van der Waals surface area contributed by atoms with Gasteiger partial charge in [0.1, 0.15) is 0 Å². The molecule has 9 aromatic carbocycles. The number of pyridine rings is 1. The van der Waals surface area contributed by atoms with Crippen LogP contribution in [0.15, 0.2) is 207 Å². The second kappa shape index (κ2) is 16.3. The van der Waals surface area contributed by atoms with Gasteiger partial charge in [-0.05, 0) is 151 Å². The monoisotopic (exact) mass is 870 g/mol. The smallest absolute Gasteiger partial charge is 0.0998 e. The van der Waals surface area contributed by atoms with Crippen LogP contribution in [0.1, 0.15) is 27.8 Å². The Balaban J connectivity index is 1.19. The fraction of sp³-hybridized carbons (Fsp3) is 0.0625. The van der Waals surface area contributed by atoms with Crippen LogP contribution in [0, 0.1) is 39.0 Å². The zero-order chi connectivity index (χ0) is 46.0. The number of aryl methyl sites for hydroxylation is 4. The summed E-state index contributed by atoms with van der Waals surface area (Å²) in [4.78, 5) is 4.36. The number of nitriles is 1. The minimum atomic E-state index is 0.585. The first-order valence-corrected chi connectivity index (χ1v) is 23.2. The summed E-state index contributed by atoms with van der Waals surface area (Å²) < 4.78 is 4.80. The van der Waals surface area contributed by atoms with Crippen LogP contribution >= 0.6 is 0 Å². The molecule has 0 amide bonds. The summed E-state index contributed by atoms with van der Waals surface area (Å²) in [7, 11) is 0. The molecule has 12 aromatic rings. The van der Waals surface area contributed by atoms with Crippen LogP contribution < -0.4 is 0 Å². The molecule has 0 saturated carbocycles. The molecule has 12 rings (SSSR count). The van der Waals surface area contributed by atoms with E-state index in [4.69, 9.17) is 0 Å². The van der Waals surface area contributed by atoms with Crippen molar-refractivity contribution in [1.29, 1.82) is 5.26 Å². The molecule has 0 aliphatic carbocycles. The quantitative estimate of drug-likeness (QED) is 0.160. The fourth-order valence-electron chi connectivity index (χ4n) is 10.1. The van der Waals surface area contributed by atoms with Crippen LogP contribution in [0.4, 0.5) is 0 Å². The molecule has 3 heterocycles. The van der Waals surface area contributed by atoms with Gasteiger partial charge in [-0.3, -0.25) is 4.98 Å². The maximum atomic E-state index is 11.1. The van der Waals surface area contributed by atoms with Gasteiger partial charge in [0.2, 0.25) is 0 Å². The highest BCUT2D eigenvalue weighted by Crippen LogP contribution is 2.44. The van der Waals surface area contributed by atoms with Gasteiger partial charge in [0.05, 0.1) is 45.1 Å². The van der Waals surface area contributed by atoms with Crippen molar-refractivity contribution in [3.63, 3.8) is 0 Å². The number of benzene rings is 9. The highest BCUT2D eigenvalue weighted by Gasteiger charge is 2.24. The molecule has 0 bridgehead atoms. The Hall–Kier alpha value is -8.78. The fourth-order valence-corrected chi connectivity index (χ4v) is 10.1. The van der Waals surface area contributed by atoms with Crippen molar-refractivity contribution in [2.45, 2.75) is 27.7 Å². The summed E-state index contributed by atoms with van der Waals surface area (Å²) >= 11 is 0. The zero-order valence-electron chi connectivity index (χ0n) is 38.4. The average molecular weight is 871 g/mol. The third-order valence-corrected chi connectivity index (χ3v) is 13.8. The van der Waals surface area contributed by atoms with E-state index in [0.717, 1.165) is 88.4 Å². The van der Waals surface area contributed by atoms with E-state index in [2.05, 4.69) is 230 Å². The highest BCUT2D eigenvalue weighted by molar-refractivity contribution is 6.14. The van der Waals surface area contributed by atoms with Gasteiger partial charge < -0.3 is 9.13 Å². The second-order valence-electron chi connectivity index (χ2n) is 18.3. The van der Waals surface area contributed by atoms with Crippen LogP contribution in [-0.4, -0.2) is 14.1 Å². The third kappa shape index (κ3) is 6.96. The van der Waals surface area contributed by atoms with E-state index in [9.17, 15) is 5.26 Å². The van der Waals surface area contributed by atoms with E-state index < -0.39 is 0 Å². The molecule has 0 N–H and O–H groups in total.